The van der Waals surface area contributed by atoms with E-state index in [2.05, 4.69) is 32.6 Å². The Bertz CT molecular complexity index is 222. The molecule has 0 saturated heterocycles. The predicted octanol–water partition coefficient (Wildman–Crippen LogP) is 5.55. The minimum atomic E-state index is 0.246. The molecule has 0 rings (SSSR count). The fourth-order valence-corrected chi connectivity index (χ4v) is 3.07. The maximum atomic E-state index is 11.9. The second-order valence-electron chi connectivity index (χ2n) is 6.32. The van der Waals surface area contributed by atoms with Crippen molar-refractivity contribution >= 4 is 5.91 Å². The second-order valence-corrected chi connectivity index (χ2v) is 6.32. The van der Waals surface area contributed by atoms with Gasteiger partial charge in [-0.15, -0.1) is 0 Å². The third kappa shape index (κ3) is 8.60. The summed E-state index contributed by atoms with van der Waals surface area (Å²) in [6.45, 7) is 10.6. The Morgan fingerprint density at radius 2 is 1.20 bits per heavy atom. The number of rotatable bonds is 12. The highest BCUT2D eigenvalue weighted by Crippen LogP contribution is 2.18. The molecule has 0 aliphatic heterocycles. The Morgan fingerprint density at radius 1 is 0.800 bits per heavy atom. The molecule has 2 nitrogen and oxygen atoms in total. The quantitative estimate of drug-likeness (QED) is 0.430. The molecule has 1 amide bonds. The molecular formula is C18H37NO. The van der Waals surface area contributed by atoms with Gasteiger partial charge in [0.05, 0.1) is 0 Å². The number of hydrogen-bond donors (Lipinski definition) is 0. The SMILES string of the molecule is CCCCCCC(C)N(C(C)=O)C(C)CCCCCC. The summed E-state index contributed by atoms with van der Waals surface area (Å²) in [5.41, 5.74) is 0. The maximum Gasteiger partial charge on any atom is 0.219 e. The van der Waals surface area contributed by atoms with Crippen molar-refractivity contribution < 1.29 is 4.79 Å². The third-order valence-electron chi connectivity index (χ3n) is 4.26. The molecule has 0 spiro atoms. The van der Waals surface area contributed by atoms with Crippen LogP contribution in [0.4, 0.5) is 0 Å². The molecule has 0 aliphatic carbocycles. The van der Waals surface area contributed by atoms with Gasteiger partial charge in [-0.1, -0.05) is 65.2 Å². The molecule has 2 heteroatoms. The first-order valence-corrected chi connectivity index (χ1v) is 8.83. The summed E-state index contributed by atoms with van der Waals surface area (Å²) in [6.07, 6.45) is 12.6. The van der Waals surface area contributed by atoms with Gasteiger partial charge in [0.15, 0.2) is 0 Å². The Morgan fingerprint density at radius 3 is 1.50 bits per heavy atom. The van der Waals surface area contributed by atoms with Crippen molar-refractivity contribution in [3.63, 3.8) is 0 Å². The molecule has 0 bridgehead atoms. The monoisotopic (exact) mass is 283 g/mol. The van der Waals surface area contributed by atoms with Crippen molar-refractivity contribution in [2.45, 2.75) is 111 Å². The van der Waals surface area contributed by atoms with E-state index in [-0.39, 0.29) is 5.91 Å². The van der Waals surface area contributed by atoms with Gasteiger partial charge in [-0.05, 0) is 26.7 Å². The van der Waals surface area contributed by atoms with Crippen LogP contribution in [0, 0.1) is 0 Å². The van der Waals surface area contributed by atoms with Crippen molar-refractivity contribution in [2.24, 2.45) is 0 Å². The van der Waals surface area contributed by atoms with Gasteiger partial charge in [-0.25, -0.2) is 0 Å². The summed E-state index contributed by atoms with van der Waals surface area (Å²) < 4.78 is 0. The number of hydrogen-bond acceptors (Lipinski definition) is 1. The molecule has 0 N–H and O–H groups in total. The lowest BCUT2D eigenvalue weighted by Gasteiger charge is -2.34. The zero-order valence-electron chi connectivity index (χ0n) is 14.6. The van der Waals surface area contributed by atoms with Crippen molar-refractivity contribution in [3.05, 3.63) is 0 Å². The van der Waals surface area contributed by atoms with Crippen molar-refractivity contribution in [3.8, 4) is 0 Å². The zero-order chi connectivity index (χ0) is 15.4. The Balaban J connectivity index is 4.14. The molecule has 2 atom stereocenters. The van der Waals surface area contributed by atoms with E-state index in [0.29, 0.717) is 12.1 Å². The molecule has 0 aliphatic rings. The van der Waals surface area contributed by atoms with Crippen molar-refractivity contribution in [1.29, 1.82) is 0 Å². The summed E-state index contributed by atoms with van der Waals surface area (Å²) >= 11 is 0. The number of carbonyl (C=O) groups is 1. The smallest absolute Gasteiger partial charge is 0.219 e. The Labute approximate surface area is 127 Å². The van der Waals surface area contributed by atoms with Gasteiger partial charge < -0.3 is 4.90 Å². The van der Waals surface area contributed by atoms with E-state index < -0.39 is 0 Å². The number of unbranched alkanes of at least 4 members (excludes halogenated alkanes) is 6. The lowest BCUT2D eigenvalue weighted by molar-refractivity contribution is -0.133. The van der Waals surface area contributed by atoms with Crippen LogP contribution in [0.2, 0.25) is 0 Å². The molecule has 0 fully saturated rings. The normalized spacial score (nSPS) is 14.1. The first-order valence-electron chi connectivity index (χ1n) is 8.83. The second kappa shape index (κ2) is 12.2. The van der Waals surface area contributed by atoms with Crippen molar-refractivity contribution in [2.75, 3.05) is 0 Å². The fourth-order valence-electron chi connectivity index (χ4n) is 3.07. The standard InChI is InChI=1S/C18H37NO/c1-6-8-10-12-14-16(3)19(18(5)20)17(4)15-13-11-9-7-2/h16-17H,6-15H2,1-5H3. The molecular weight excluding hydrogens is 246 g/mol. The summed E-state index contributed by atoms with van der Waals surface area (Å²) in [6, 6.07) is 0.788. The minimum absolute atomic E-state index is 0.246. The highest BCUT2D eigenvalue weighted by Gasteiger charge is 2.21. The van der Waals surface area contributed by atoms with E-state index in [0.717, 1.165) is 12.8 Å². The minimum Gasteiger partial charge on any atom is -0.338 e. The summed E-state index contributed by atoms with van der Waals surface area (Å²) in [5, 5.41) is 0. The summed E-state index contributed by atoms with van der Waals surface area (Å²) in [4.78, 5) is 14.1. The number of carbonyl (C=O) groups excluding carboxylic acids is 1. The average Bonchev–Trinajstić information content (AvgIpc) is 2.39. The van der Waals surface area contributed by atoms with Crippen LogP contribution < -0.4 is 0 Å². The number of amides is 1. The van der Waals surface area contributed by atoms with Crippen LogP contribution >= 0.6 is 0 Å². The predicted molar refractivity (Wildman–Crippen MR) is 89.0 cm³/mol. The van der Waals surface area contributed by atoms with Gasteiger partial charge in [-0.2, -0.15) is 0 Å². The topological polar surface area (TPSA) is 20.3 Å². The van der Waals surface area contributed by atoms with Crippen LogP contribution in [0.3, 0.4) is 0 Å². The van der Waals surface area contributed by atoms with Crippen molar-refractivity contribution in [1.82, 2.24) is 4.90 Å². The lowest BCUT2D eigenvalue weighted by atomic mass is 10.0. The Hall–Kier alpha value is -0.530. The van der Waals surface area contributed by atoms with Crippen LogP contribution in [0.25, 0.3) is 0 Å². The van der Waals surface area contributed by atoms with Crippen LogP contribution in [0.1, 0.15) is 98.8 Å². The highest BCUT2D eigenvalue weighted by atomic mass is 16.2. The maximum absolute atomic E-state index is 11.9. The first-order chi connectivity index (χ1) is 9.54. The van der Waals surface area contributed by atoms with E-state index >= 15 is 0 Å². The molecule has 0 aromatic carbocycles. The van der Waals surface area contributed by atoms with Gasteiger partial charge in [-0.3, -0.25) is 4.79 Å². The summed E-state index contributed by atoms with van der Waals surface area (Å²) in [7, 11) is 0. The van der Waals surface area contributed by atoms with Crippen LogP contribution in [-0.2, 0) is 4.79 Å². The largest absolute Gasteiger partial charge is 0.338 e. The molecule has 20 heavy (non-hydrogen) atoms. The van der Waals surface area contributed by atoms with Gasteiger partial charge in [0.1, 0.15) is 0 Å². The fraction of sp³-hybridized carbons (Fsp3) is 0.944. The molecule has 0 saturated carbocycles. The van der Waals surface area contributed by atoms with Gasteiger partial charge in [0, 0.05) is 19.0 Å². The summed E-state index contributed by atoms with van der Waals surface area (Å²) in [5.74, 6) is 0.246. The van der Waals surface area contributed by atoms with Crippen LogP contribution in [-0.4, -0.2) is 22.9 Å². The van der Waals surface area contributed by atoms with Gasteiger partial charge in [0.25, 0.3) is 0 Å². The van der Waals surface area contributed by atoms with E-state index in [1.807, 2.05) is 0 Å². The van der Waals surface area contributed by atoms with Crippen LogP contribution in [0.5, 0.6) is 0 Å². The average molecular weight is 284 g/mol. The van der Waals surface area contributed by atoms with E-state index in [9.17, 15) is 4.79 Å². The van der Waals surface area contributed by atoms with Gasteiger partial charge in [0.2, 0.25) is 5.91 Å². The number of nitrogens with zero attached hydrogens (tertiary/aromatic N) is 1. The molecule has 2 unspecified atom stereocenters. The van der Waals surface area contributed by atoms with E-state index in [1.54, 1.807) is 6.92 Å². The third-order valence-corrected chi connectivity index (χ3v) is 4.26. The molecule has 0 aromatic rings. The van der Waals surface area contributed by atoms with Crippen LogP contribution in [0.15, 0.2) is 0 Å². The van der Waals surface area contributed by atoms with E-state index in [4.69, 9.17) is 0 Å². The molecule has 120 valence electrons. The lowest BCUT2D eigenvalue weighted by Crippen LogP contribution is -2.43. The Kier molecular flexibility index (Phi) is 11.9. The van der Waals surface area contributed by atoms with E-state index in [1.165, 1.54) is 51.4 Å². The van der Waals surface area contributed by atoms with Gasteiger partial charge >= 0.3 is 0 Å². The molecule has 0 heterocycles. The molecule has 0 radical (unpaired) electrons. The zero-order valence-corrected chi connectivity index (χ0v) is 14.6. The molecule has 0 aromatic heterocycles. The highest BCUT2D eigenvalue weighted by molar-refractivity contribution is 5.73. The first kappa shape index (κ1) is 19.5.